The van der Waals surface area contributed by atoms with Gasteiger partial charge in [-0.15, -0.1) is 0 Å². The maximum Gasteiger partial charge on any atom is 0.243 e. The average molecular weight is 463 g/mol. The van der Waals surface area contributed by atoms with Gasteiger partial charge in [-0.1, -0.05) is 90.8 Å². The van der Waals surface area contributed by atoms with Crippen LogP contribution in [0.25, 0.3) is 0 Å². The van der Waals surface area contributed by atoms with E-state index < -0.39 is 6.04 Å². The van der Waals surface area contributed by atoms with Crippen molar-refractivity contribution in [2.75, 3.05) is 6.54 Å². The predicted octanol–water partition coefficient (Wildman–Crippen LogP) is 5.36. The highest BCUT2D eigenvalue weighted by molar-refractivity contribution is 6.30. The number of nitrogens with zero attached hydrogens (tertiary/aromatic N) is 1. The Kier molecular flexibility index (Phi) is 9.08. The average Bonchev–Trinajstić information content (AvgIpc) is 2.82. The van der Waals surface area contributed by atoms with Crippen LogP contribution in [0.3, 0.4) is 0 Å². The SMILES string of the molecule is CCCNC(=O)[C@H](Cc1ccccc1)N(Cc1cccc(C)c1)C(=O)Cc1ccc(Cl)cc1. The van der Waals surface area contributed by atoms with Crippen molar-refractivity contribution < 1.29 is 9.59 Å². The minimum absolute atomic E-state index is 0.0913. The van der Waals surface area contributed by atoms with Gasteiger partial charge in [0.05, 0.1) is 6.42 Å². The van der Waals surface area contributed by atoms with Gasteiger partial charge in [-0.2, -0.15) is 0 Å². The molecule has 3 aromatic carbocycles. The van der Waals surface area contributed by atoms with E-state index >= 15 is 0 Å². The molecule has 0 spiro atoms. The summed E-state index contributed by atoms with van der Waals surface area (Å²) >= 11 is 6.02. The van der Waals surface area contributed by atoms with Crippen molar-refractivity contribution in [1.82, 2.24) is 10.2 Å². The molecule has 33 heavy (non-hydrogen) atoms. The fourth-order valence-corrected chi connectivity index (χ4v) is 3.93. The van der Waals surface area contributed by atoms with Crippen LogP contribution < -0.4 is 5.32 Å². The summed E-state index contributed by atoms with van der Waals surface area (Å²) in [6, 6.07) is 24.6. The fourth-order valence-electron chi connectivity index (χ4n) is 3.81. The molecule has 0 saturated heterocycles. The van der Waals surface area contributed by atoms with Gasteiger partial charge in [0.2, 0.25) is 11.8 Å². The minimum atomic E-state index is -0.612. The molecule has 0 aliphatic heterocycles. The largest absolute Gasteiger partial charge is 0.354 e. The molecule has 172 valence electrons. The monoisotopic (exact) mass is 462 g/mol. The normalized spacial score (nSPS) is 11.6. The van der Waals surface area contributed by atoms with E-state index in [0.29, 0.717) is 24.5 Å². The van der Waals surface area contributed by atoms with Gasteiger partial charge in [0, 0.05) is 24.5 Å². The Morgan fingerprint density at radius 2 is 1.61 bits per heavy atom. The lowest BCUT2D eigenvalue weighted by Crippen LogP contribution is -2.51. The molecular weight excluding hydrogens is 432 g/mol. The van der Waals surface area contributed by atoms with E-state index in [4.69, 9.17) is 11.6 Å². The zero-order valence-corrected chi connectivity index (χ0v) is 20.0. The number of rotatable bonds is 10. The van der Waals surface area contributed by atoms with Crippen molar-refractivity contribution in [2.24, 2.45) is 0 Å². The first kappa shape index (κ1) is 24.5. The molecule has 5 heteroatoms. The van der Waals surface area contributed by atoms with Crippen LogP contribution in [0.15, 0.2) is 78.9 Å². The van der Waals surface area contributed by atoms with Gasteiger partial charge in [0.15, 0.2) is 0 Å². The van der Waals surface area contributed by atoms with E-state index in [1.807, 2.05) is 74.5 Å². The summed E-state index contributed by atoms with van der Waals surface area (Å²) in [4.78, 5) is 28.6. The third-order valence-corrected chi connectivity index (χ3v) is 5.78. The molecule has 0 aliphatic rings. The van der Waals surface area contributed by atoms with Crippen molar-refractivity contribution in [2.45, 2.75) is 45.7 Å². The molecule has 3 rings (SSSR count). The van der Waals surface area contributed by atoms with Gasteiger partial charge < -0.3 is 10.2 Å². The Hall–Kier alpha value is -3.11. The van der Waals surface area contributed by atoms with Crippen LogP contribution in [0.2, 0.25) is 5.02 Å². The van der Waals surface area contributed by atoms with E-state index in [0.717, 1.165) is 28.7 Å². The third-order valence-electron chi connectivity index (χ3n) is 5.52. The first-order valence-electron chi connectivity index (χ1n) is 11.4. The van der Waals surface area contributed by atoms with Crippen LogP contribution in [0.5, 0.6) is 0 Å². The quantitative estimate of drug-likeness (QED) is 0.441. The summed E-state index contributed by atoms with van der Waals surface area (Å²) < 4.78 is 0. The van der Waals surface area contributed by atoms with E-state index in [9.17, 15) is 9.59 Å². The molecule has 0 radical (unpaired) electrons. The Morgan fingerprint density at radius 1 is 0.909 bits per heavy atom. The number of hydrogen-bond donors (Lipinski definition) is 1. The van der Waals surface area contributed by atoms with Gasteiger partial charge in [-0.05, 0) is 42.2 Å². The lowest BCUT2D eigenvalue weighted by Gasteiger charge is -2.32. The smallest absolute Gasteiger partial charge is 0.243 e. The number of amides is 2. The molecule has 0 fully saturated rings. The molecular formula is C28H31ClN2O2. The van der Waals surface area contributed by atoms with Crippen LogP contribution in [-0.4, -0.2) is 29.3 Å². The van der Waals surface area contributed by atoms with Gasteiger partial charge in [-0.25, -0.2) is 0 Å². The number of carbonyl (C=O) groups is 2. The molecule has 2 amide bonds. The molecule has 1 N–H and O–H groups in total. The number of nitrogens with one attached hydrogen (secondary N) is 1. The summed E-state index contributed by atoms with van der Waals surface area (Å²) in [5, 5.41) is 3.63. The molecule has 0 saturated carbocycles. The number of halogens is 1. The number of aryl methyl sites for hydroxylation is 1. The second-order valence-electron chi connectivity index (χ2n) is 8.31. The molecule has 0 heterocycles. The van der Waals surface area contributed by atoms with Crippen molar-refractivity contribution >= 4 is 23.4 Å². The van der Waals surface area contributed by atoms with E-state index in [2.05, 4.69) is 11.4 Å². The molecule has 0 aliphatic carbocycles. The van der Waals surface area contributed by atoms with Crippen molar-refractivity contribution in [3.63, 3.8) is 0 Å². The van der Waals surface area contributed by atoms with Gasteiger partial charge in [0.1, 0.15) is 6.04 Å². The summed E-state index contributed by atoms with van der Waals surface area (Å²) in [5.74, 6) is -0.218. The molecule has 1 atom stereocenters. The Morgan fingerprint density at radius 3 is 2.27 bits per heavy atom. The van der Waals surface area contributed by atoms with E-state index in [-0.39, 0.29) is 18.2 Å². The highest BCUT2D eigenvalue weighted by Crippen LogP contribution is 2.18. The summed E-state index contributed by atoms with van der Waals surface area (Å²) in [7, 11) is 0. The Labute approximate surface area is 201 Å². The standard InChI is InChI=1S/C28H31ClN2O2/c1-3-16-30-28(33)26(18-22-9-5-4-6-10-22)31(20-24-11-7-8-21(2)17-24)27(32)19-23-12-14-25(29)15-13-23/h4-15,17,26H,3,16,18-20H2,1-2H3,(H,30,33)/t26-/m0/s1. The zero-order chi connectivity index (χ0) is 23.6. The van der Waals surface area contributed by atoms with E-state index in [1.165, 1.54) is 0 Å². The van der Waals surface area contributed by atoms with Crippen LogP contribution >= 0.6 is 11.6 Å². The van der Waals surface area contributed by atoms with Gasteiger partial charge >= 0.3 is 0 Å². The number of hydrogen-bond acceptors (Lipinski definition) is 2. The minimum Gasteiger partial charge on any atom is -0.354 e. The van der Waals surface area contributed by atoms with Crippen LogP contribution in [0, 0.1) is 6.92 Å². The van der Waals surface area contributed by atoms with E-state index in [1.54, 1.807) is 17.0 Å². The fraction of sp³-hybridized carbons (Fsp3) is 0.286. The van der Waals surface area contributed by atoms with Crippen LogP contribution in [-0.2, 0) is 29.0 Å². The second-order valence-corrected chi connectivity index (χ2v) is 8.75. The zero-order valence-electron chi connectivity index (χ0n) is 19.3. The van der Waals surface area contributed by atoms with Crippen LogP contribution in [0.1, 0.15) is 35.6 Å². The predicted molar refractivity (Wildman–Crippen MR) is 134 cm³/mol. The van der Waals surface area contributed by atoms with Crippen LogP contribution in [0.4, 0.5) is 0 Å². The summed E-state index contributed by atoms with van der Waals surface area (Å²) in [6.45, 7) is 4.99. The summed E-state index contributed by atoms with van der Waals surface area (Å²) in [5.41, 5.74) is 4.00. The number of carbonyl (C=O) groups excluding carboxylic acids is 2. The topological polar surface area (TPSA) is 49.4 Å². The first-order chi connectivity index (χ1) is 16.0. The first-order valence-corrected chi connectivity index (χ1v) is 11.7. The molecule has 0 unspecified atom stereocenters. The maximum atomic E-state index is 13.6. The maximum absolute atomic E-state index is 13.6. The Bertz CT molecular complexity index is 1050. The molecule has 3 aromatic rings. The molecule has 0 bridgehead atoms. The second kappa shape index (κ2) is 12.2. The van der Waals surface area contributed by atoms with Crippen molar-refractivity contribution in [3.8, 4) is 0 Å². The summed E-state index contributed by atoms with van der Waals surface area (Å²) in [6.07, 6.45) is 1.49. The lowest BCUT2D eigenvalue weighted by molar-refractivity contribution is -0.140. The van der Waals surface area contributed by atoms with Crippen molar-refractivity contribution in [3.05, 3.63) is 106 Å². The molecule has 4 nitrogen and oxygen atoms in total. The van der Waals surface area contributed by atoms with Gasteiger partial charge in [-0.3, -0.25) is 9.59 Å². The van der Waals surface area contributed by atoms with Gasteiger partial charge in [0.25, 0.3) is 0 Å². The Balaban J connectivity index is 1.94. The van der Waals surface area contributed by atoms with Crippen molar-refractivity contribution in [1.29, 1.82) is 0 Å². The lowest BCUT2D eigenvalue weighted by atomic mass is 10.0. The third kappa shape index (κ3) is 7.47. The molecule has 0 aromatic heterocycles. The number of benzene rings is 3. The highest BCUT2D eigenvalue weighted by Gasteiger charge is 2.30. The highest BCUT2D eigenvalue weighted by atomic mass is 35.5.